The molecule has 0 unspecified atom stereocenters. The monoisotopic (exact) mass is 274 g/mol. The van der Waals surface area contributed by atoms with Crippen LogP contribution in [0.3, 0.4) is 0 Å². The predicted molar refractivity (Wildman–Crippen MR) is 59.7 cm³/mol. The van der Waals surface area contributed by atoms with E-state index in [1.54, 1.807) is 6.07 Å². The number of hydrogen-bond donors (Lipinski definition) is 0. The van der Waals surface area contributed by atoms with Crippen molar-refractivity contribution in [2.24, 2.45) is 0 Å². The van der Waals surface area contributed by atoms with Gasteiger partial charge in [-0.1, -0.05) is 6.07 Å². The summed E-state index contributed by atoms with van der Waals surface area (Å²) in [7, 11) is 0. The van der Waals surface area contributed by atoms with Gasteiger partial charge in [0.25, 0.3) is 0 Å². The fraction of sp³-hybridized carbons (Fsp3) is 0.364. The van der Waals surface area contributed by atoms with Crippen LogP contribution >= 0.6 is 15.9 Å². The van der Waals surface area contributed by atoms with Crippen molar-refractivity contribution < 1.29 is 13.9 Å². The minimum atomic E-state index is -0.384. The minimum Gasteiger partial charge on any atom is -0.492 e. The summed E-state index contributed by atoms with van der Waals surface area (Å²) in [5, 5.41) is 0. The van der Waals surface area contributed by atoms with Crippen LogP contribution in [0.1, 0.15) is 19.4 Å². The summed E-state index contributed by atoms with van der Waals surface area (Å²) in [5.41, 5.74) is 0.706. The van der Waals surface area contributed by atoms with E-state index >= 15 is 0 Å². The van der Waals surface area contributed by atoms with Crippen molar-refractivity contribution in [2.75, 3.05) is 6.61 Å². The molecular formula is C11H12BrFO2. The first-order chi connectivity index (χ1) is 7.06. The van der Waals surface area contributed by atoms with E-state index in [0.717, 1.165) is 0 Å². The summed E-state index contributed by atoms with van der Waals surface area (Å²) < 4.78 is 18.8. The molecule has 0 heterocycles. The molecule has 0 aromatic heterocycles. The molecule has 2 nitrogen and oxygen atoms in total. The number of ketones is 1. The Kier molecular flexibility index (Phi) is 4.27. The van der Waals surface area contributed by atoms with Gasteiger partial charge >= 0.3 is 0 Å². The van der Waals surface area contributed by atoms with Crippen LogP contribution in [0.15, 0.2) is 16.6 Å². The molecule has 1 aromatic rings. The molecule has 0 atom stereocenters. The molecule has 0 aliphatic heterocycles. The molecule has 0 saturated heterocycles. The Hall–Kier alpha value is -0.900. The standard InChI is InChI=1S/C11H12BrFO2/c1-3-15-11-8(6-7(2)14)4-5-9(13)10(11)12/h4-5H,3,6H2,1-2H3. The molecule has 1 aromatic carbocycles. The van der Waals surface area contributed by atoms with Gasteiger partial charge in [0.1, 0.15) is 17.3 Å². The van der Waals surface area contributed by atoms with Gasteiger partial charge in [0.05, 0.1) is 11.1 Å². The van der Waals surface area contributed by atoms with Gasteiger partial charge in [0, 0.05) is 12.0 Å². The molecule has 0 amide bonds. The first kappa shape index (κ1) is 12.2. The zero-order valence-corrected chi connectivity index (χ0v) is 10.2. The van der Waals surface area contributed by atoms with Gasteiger partial charge in [-0.25, -0.2) is 4.39 Å². The summed E-state index contributed by atoms with van der Waals surface area (Å²) in [5.74, 6) is 0.0629. The second-order valence-electron chi connectivity index (χ2n) is 3.16. The highest BCUT2D eigenvalue weighted by Crippen LogP contribution is 2.32. The molecule has 0 bridgehead atoms. The van der Waals surface area contributed by atoms with Crippen LogP contribution in [0.4, 0.5) is 4.39 Å². The maximum absolute atomic E-state index is 13.2. The fourth-order valence-electron chi connectivity index (χ4n) is 1.28. The number of ether oxygens (including phenoxy) is 1. The van der Waals surface area contributed by atoms with Gasteiger partial charge in [0.15, 0.2) is 0 Å². The Labute approximate surface area is 96.6 Å². The molecule has 0 fully saturated rings. The lowest BCUT2D eigenvalue weighted by molar-refractivity contribution is -0.116. The summed E-state index contributed by atoms with van der Waals surface area (Å²) in [6.07, 6.45) is 0.258. The second kappa shape index (κ2) is 5.26. The van der Waals surface area contributed by atoms with Crippen LogP contribution in [-0.4, -0.2) is 12.4 Å². The van der Waals surface area contributed by atoms with E-state index in [9.17, 15) is 9.18 Å². The second-order valence-corrected chi connectivity index (χ2v) is 3.95. The van der Waals surface area contributed by atoms with Gasteiger partial charge in [0.2, 0.25) is 0 Å². The molecule has 1 rings (SSSR count). The topological polar surface area (TPSA) is 26.3 Å². The zero-order valence-electron chi connectivity index (χ0n) is 8.64. The molecule has 0 aliphatic carbocycles. The third kappa shape index (κ3) is 3.02. The van der Waals surface area contributed by atoms with E-state index in [1.807, 2.05) is 6.92 Å². The highest BCUT2D eigenvalue weighted by atomic mass is 79.9. The smallest absolute Gasteiger partial charge is 0.141 e. The first-order valence-electron chi connectivity index (χ1n) is 4.65. The van der Waals surface area contributed by atoms with Crippen LogP contribution in [0.2, 0.25) is 0 Å². The van der Waals surface area contributed by atoms with Gasteiger partial charge in [-0.3, -0.25) is 4.79 Å². The third-order valence-electron chi connectivity index (χ3n) is 1.86. The number of carbonyl (C=O) groups excluding carboxylic acids is 1. The zero-order chi connectivity index (χ0) is 11.4. The van der Waals surface area contributed by atoms with Crippen molar-refractivity contribution in [3.8, 4) is 5.75 Å². The van der Waals surface area contributed by atoms with Crippen LogP contribution in [-0.2, 0) is 11.2 Å². The molecule has 0 saturated carbocycles. The van der Waals surface area contributed by atoms with E-state index < -0.39 is 0 Å². The average molecular weight is 275 g/mol. The molecule has 0 spiro atoms. The van der Waals surface area contributed by atoms with E-state index in [4.69, 9.17) is 4.74 Å². The number of halogens is 2. The van der Waals surface area contributed by atoms with E-state index in [0.29, 0.717) is 17.9 Å². The van der Waals surface area contributed by atoms with Crippen LogP contribution in [0.25, 0.3) is 0 Å². The van der Waals surface area contributed by atoms with Crippen molar-refractivity contribution in [3.05, 3.63) is 28.0 Å². The van der Waals surface area contributed by atoms with Crippen molar-refractivity contribution in [1.29, 1.82) is 0 Å². The SMILES string of the molecule is CCOc1c(CC(C)=O)ccc(F)c1Br. The molecule has 0 aliphatic rings. The normalized spacial score (nSPS) is 10.1. The van der Waals surface area contributed by atoms with Crippen molar-refractivity contribution in [1.82, 2.24) is 0 Å². The third-order valence-corrected chi connectivity index (χ3v) is 2.60. The summed E-state index contributed by atoms with van der Waals surface area (Å²) in [4.78, 5) is 11.0. The Morgan fingerprint density at radius 1 is 1.53 bits per heavy atom. The quantitative estimate of drug-likeness (QED) is 0.843. The minimum absolute atomic E-state index is 0.0226. The molecule has 82 valence electrons. The average Bonchev–Trinajstić information content (AvgIpc) is 2.17. The van der Waals surface area contributed by atoms with Gasteiger partial charge in [-0.2, -0.15) is 0 Å². The highest BCUT2D eigenvalue weighted by molar-refractivity contribution is 9.10. The molecule has 0 N–H and O–H groups in total. The number of rotatable bonds is 4. The van der Waals surface area contributed by atoms with Crippen molar-refractivity contribution in [3.63, 3.8) is 0 Å². The largest absolute Gasteiger partial charge is 0.492 e. The Balaban J connectivity index is 3.14. The number of carbonyl (C=O) groups is 1. The highest BCUT2D eigenvalue weighted by Gasteiger charge is 2.13. The fourth-order valence-corrected chi connectivity index (χ4v) is 1.78. The van der Waals surface area contributed by atoms with Gasteiger partial charge < -0.3 is 4.74 Å². The number of Topliss-reactive ketones (excluding diaryl/α,β-unsaturated/α-hetero) is 1. The lowest BCUT2D eigenvalue weighted by Gasteiger charge is -2.11. The number of benzene rings is 1. The maximum atomic E-state index is 13.2. The molecular weight excluding hydrogens is 263 g/mol. The van der Waals surface area contributed by atoms with Crippen LogP contribution < -0.4 is 4.74 Å². The van der Waals surface area contributed by atoms with Crippen molar-refractivity contribution in [2.45, 2.75) is 20.3 Å². The Bertz CT molecular complexity index is 377. The van der Waals surface area contributed by atoms with Crippen molar-refractivity contribution >= 4 is 21.7 Å². The molecule has 4 heteroatoms. The Morgan fingerprint density at radius 3 is 2.73 bits per heavy atom. The first-order valence-corrected chi connectivity index (χ1v) is 5.44. The van der Waals surface area contributed by atoms with E-state index in [-0.39, 0.29) is 22.5 Å². The predicted octanol–water partition coefficient (Wildman–Crippen LogP) is 3.12. The van der Waals surface area contributed by atoms with Crippen LogP contribution in [0.5, 0.6) is 5.75 Å². The van der Waals surface area contributed by atoms with Gasteiger partial charge in [-0.15, -0.1) is 0 Å². The van der Waals surface area contributed by atoms with E-state index in [1.165, 1.54) is 13.0 Å². The molecule has 15 heavy (non-hydrogen) atoms. The van der Waals surface area contributed by atoms with Gasteiger partial charge in [-0.05, 0) is 35.8 Å². The summed E-state index contributed by atoms with van der Waals surface area (Å²) in [6, 6.07) is 2.90. The maximum Gasteiger partial charge on any atom is 0.141 e. The lowest BCUT2D eigenvalue weighted by atomic mass is 10.1. The lowest BCUT2D eigenvalue weighted by Crippen LogP contribution is -2.03. The number of hydrogen-bond acceptors (Lipinski definition) is 2. The molecule has 0 radical (unpaired) electrons. The summed E-state index contributed by atoms with van der Waals surface area (Å²) in [6.45, 7) is 3.74. The Morgan fingerprint density at radius 2 is 2.20 bits per heavy atom. The summed E-state index contributed by atoms with van der Waals surface area (Å²) >= 11 is 3.11. The van der Waals surface area contributed by atoms with E-state index in [2.05, 4.69) is 15.9 Å². The van der Waals surface area contributed by atoms with Crippen LogP contribution in [0, 0.1) is 5.82 Å².